The first-order valence-corrected chi connectivity index (χ1v) is 8.10. The van der Waals surface area contributed by atoms with Crippen molar-refractivity contribution < 1.29 is 9.90 Å². The zero-order valence-corrected chi connectivity index (χ0v) is 13.5. The topological polar surface area (TPSA) is 100 Å². The van der Waals surface area contributed by atoms with Gasteiger partial charge in [-0.3, -0.25) is 4.79 Å². The predicted molar refractivity (Wildman–Crippen MR) is 91.8 cm³/mol. The molecule has 1 aromatic carbocycles. The fraction of sp³-hybridized carbons (Fsp3) is 0.125. The van der Waals surface area contributed by atoms with Crippen molar-refractivity contribution in [3.05, 3.63) is 64.2 Å². The molecule has 3 N–H and O–H groups in total. The van der Waals surface area contributed by atoms with Crippen molar-refractivity contribution in [2.75, 3.05) is 10.6 Å². The Balaban J connectivity index is 1.57. The molecule has 2 aromatic heterocycles. The molecular weight excluding hydrogens is 326 g/mol. The van der Waals surface area contributed by atoms with E-state index >= 15 is 0 Å². The molecule has 0 aliphatic carbocycles. The van der Waals surface area contributed by atoms with Crippen LogP contribution >= 0.6 is 11.3 Å². The lowest BCUT2D eigenvalue weighted by Crippen LogP contribution is -2.14. The third-order valence-electron chi connectivity index (χ3n) is 3.11. The second-order valence-corrected chi connectivity index (χ2v) is 5.81. The van der Waals surface area contributed by atoms with Gasteiger partial charge in [-0.15, -0.1) is 21.5 Å². The molecule has 3 aromatic rings. The fourth-order valence-electron chi connectivity index (χ4n) is 1.93. The number of thiazole rings is 1. The Labute approximate surface area is 142 Å². The Bertz CT molecular complexity index is 805. The van der Waals surface area contributed by atoms with E-state index in [-0.39, 0.29) is 18.2 Å². The maximum atomic E-state index is 12.1. The molecule has 0 aliphatic heterocycles. The first-order valence-electron chi connectivity index (χ1n) is 7.23. The van der Waals surface area contributed by atoms with E-state index in [4.69, 9.17) is 5.11 Å². The van der Waals surface area contributed by atoms with Crippen LogP contribution in [0.15, 0.2) is 47.8 Å². The quantitative estimate of drug-likeness (QED) is 0.636. The Morgan fingerprint density at radius 2 is 1.96 bits per heavy atom. The summed E-state index contributed by atoms with van der Waals surface area (Å²) in [5.41, 5.74) is 1.59. The SMILES string of the molecule is O=C(Nc1ccccc1)c1ccc(NCc2nc(CO)cs2)nn1. The van der Waals surface area contributed by atoms with Crippen LogP contribution in [-0.2, 0) is 13.2 Å². The monoisotopic (exact) mass is 341 g/mol. The van der Waals surface area contributed by atoms with E-state index in [1.165, 1.54) is 11.3 Å². The van der Waals surface area contributed by atoms with Crippen LogP contribution in [0, 0.1) is 0 Å². The molecule has 0 bridgehead atoms. The third-order valence-corrected chi connectivity index (χ3v) is 4.01. The van der Waals surface area contributed by atoms with E-state index in [1.807, 2.05) is 18.2 Å². The van der Waals surface area contributed by atoms with Gasteiger partial charge in [-0.1, -0.05) is 18.2 Å². The van der Waals surface area contributed by atoms with Gasteiger partial charge in [-0.2, -0.15) is 0 Å². The Kier molecular flexibility index (Phi) is 5.09. The van der Waals surface area contributed by atoms with E-state index in [1.54, 1.807) is 29.6 Å². The number of para-hydroxylation sites is 1. The smallest absolute Gasteiger partial charge is 0.276 e. The highest BCUT2D eigenvalue weighted by Crippen LogP contribution is 2.12. The van der Waals surface area contributed by atoms with Crippen LogP contribution in [0.4, 0.5) is 11.5 Å². The molecule has 3 rings (SSSR count). The van der Waals surface area contributed by atoms with E-state index < -0.39 is 0 Å². The summed E-state index contributed by atoms with van der Waals surface area (Å²) in [4.78, 5) is 16.3. The van der Waals surface area contributed by atoms with Crippen LogP contribution in [-0.4, -0.2) is 26.2 Å². The number of rotatable bonds is 6. The molecule has 7 nitrogen and oxygen atoms in total. The van der Waals surface area contributed by atoms with Crippen molar-refractivity contribution >= 4 is 28.7 Å². The van der Waals surface area contributed by atoms with Gasteiger partial charge in [0.2, 0.25) is 0 Å². The molecule has 1 amide bonds. The summed E-state index contributed by atoms with van der Waals surface area (Å²) in [7, 11) is 0. The van der Waals surface area contributed by atoms with Crippen LogP contribution < -0.4 is 10.6 Å². The molecule has 0 saturated heterocycles. The maximum Gasteiger partial charge on any atom is 0.276 e. The maximum absolute atomic E-state index is 12.1. The van der Waals surface area contributed by atoms with Gasteiger partial charge in [0.1, 0.15) is 10.8 Å². The Morgan fingerprint density at radius 1 is 1.12 bits per heavy atom. The summed E-state index contributed by atoms with van der Waals surface area (Å²) < 4.78 is 0. The molecule has 0 unspecified atom stereocenters. The molecule has 0 saturated carbocycles. The molecule has 0 aliphatic rings. The lowest BCUT2D eigenvalue weighted by atomic mass is 10.3. The summed E-state index contributed by atoms with van der Waals surface area (Å²) >= 11 is 1.46. The highest BCUT2D eigenvalue weighted by atomic mass is 32.1. The number of hydrogen-bond donors (Lipinski definition) is 3. The summed E-state index contributed by atoms with van der Waals surface area (Å²) in [6.07, 6.45) is 0. The van der Waals surface area contributed by atoms with Crippen LogP contribution in [0.25, 0.3) is 0 Å². The Hall–Kier alpha value is -2.84. The summed E-state index contributed by atoms with van der Waals surface area (Å²) in [5, 5.41) is 25.4. The van der Waals surface area contributed by atoms with Gasteiger partial charge in [-0.25, -0.2) is 4.98 Å². The van der Waals surface area contributed by atoms with Crippen molar-refractivity contribution in [2.45, 2.75) is 13.2 Å². The minimum atomic E-state index is -0.312. The van der Waals surface area contributed by atoms with Crippen molar-refractivity contribution in [3.63, 3.8) is 0 Å². The van der Waals surface area contributed by atoms with Crippen LogP contribution in [0.2, 0.25) is 0 Å². The number of amides is 1. The van der Waals surface area contributed by atoms with Crippen molar-refractivity contribution in [1.29, 1.82) is 0 Å². The molecular formula is C16H15N5O2S. The fourth-order valence-corrected chi connectivity index (χ4v) is 2.66. The van der Waals surface area contributed by atoms with Gasteiger partial charge in [0.25, 0.3) is 5.91 Å². The molecule has 0 atom stereocenters. The number of nitrogens with one attached hydrogen (secondary N) is 2. The summed E-state index contributed by atoms with van der Waals surface area (Å²) in [6, 6.07) is 12.5. The highest BCUT2D eigenvalue weighted by Gasteiger charge is 2.09. The number of aromatic nitrogens is 3. The standard InChI is InChI=1S/C16H15N5O2S/c22-9-12-10-24-15(18-12)8-17-14-7-6-13(20-21-14)16(23)19-11-4-2-1-3-5-11/h1-7,10,22H,8-9H2,(H,17,21)(H,19,23). The molecule has 0 spiro atoms. The van der Waals surface area contributed by atoms with Gasteiger partial charge in [-0.05, 0) is 24.3 Å². The van der Waals surface area contributed by atoms with Crippen LogP contribution in [0.3, 0.4) is 0 Å². The number of anilines is 2. The zero-order chi connectivity index (χ0) is 16.8. The zero-order valence-electron chi connectivity index (χ0n) is 12.6. The lowest BCUT2D eigenvalue weighted by Gasteiger charge is -2.05. The Morgan fingerprint density at radius 3 is 2.62 bits per heavy atom. The first-order chi connectivity index (χ1) is 11.7. The second-order valence-electron chi connectivity index (χ2n) is 4.87. The number of aliphatic hydroxyl groups excluding tert-OH is 1. The molecule has 24 heavy (non-hydrogen) atoms. The van der Waals surface area contributed by atoms with E-state index in [0.717, 1.165) is 5.01 Å². The molecule has 8 heteroatoms. The van der Waals surface area contributed by atoms with Crippen molar-refractivity contribution in [1.82, 2.24) is 15.2 Å². The lowest BCUT2D eigenvalue weighted by molar-refractivity contribution is 0.102. The minimum Gasteiger partial charge on any atom is -0.390 e. The number of carbonyl (C=O) groups excluding carboxylic acids is 1. The van der Waals surface area contributed by atoms with Gasteiger partial charge in [0.05, 0.1) is 18.8 Å². The van der Waals surface area contributed by atoms with Gasteiger partial charge >= 0.3 is 0 Å². The van der Waals surface area contributed by atoms with E-state index in [0.29, 0.717) is 23.7 Å². The average Bonchev–Trinajstić information content (AvgIpc) is 3.09. The molecule has 0 radical (unpaired) electrons. The number of nitrogens with zero attached hydrogens (tertiary/aromatic N) is 3. The van der Waals surface area contributed by atoms with E-state index in [9.17, 15) is 4.79 Å². The van der Waals surface area contributed by atoms with Crippen molar-refractivity contribution in [3.8, 4) is 0 Å². The number of carbonyl (C=O) groups is 1. The second kappa shape index (κ2) is 7.62. The van der Waals surface area contributed by atoms with E-state index in [2.05, 4.69) is 25.8 Å². The molecule has 122 valence electrons. The molecule has 0 fully saturated rings. The summed E-state index contributed by atoms with van der Waals surface area (Å²) in [6.45, 7) is 0.413. The highest BCUT2D eigenvalue weighted by molar-refractivity contribution is 7.09. The minimum absolute atomic E-state index is 0.0679. The number of benzene rings is 1. The first kappa shape index (κ1) is 16.0. The van der Waals surface area contributed by atoms with Gasteiger partial charge in [0, 0.05) is 11.1 Å². The third kappa shape index (κ3) is 4.12. The molecule has 2 heterocycles. The van der Waals surface area contributed by atoms with Gasteiger partial charge < -0.3 is 15.7 Å². The predicted octanol–water partition coefficient (Wildman–Crippen LogP) is 2.29. The average molecular weight is 341 g/mol. The number of hydrogen-bond acceptors (Lipinski definition) is 7. The van der Waals surface area contributed by atoms with Crippen LogP contribution in [0.1, 0.15) is 21.2 Å². The van der Waals surface area contributed by atoms with Crippen LogP contribution in [0.5, 0.6) is 0 Å². The summed E-state index contributed by atoms with van der Waals surface area (Å²) in [5.74, 6) is 0.236. The number of aliphatic hydroxyl groups is 1. The van der Waals surface area contributed by atoms with Gasteiger partial charge in [0.15, 0.2) is 5.69 Å². The largest absolute Gasteiger partial charge is 0.390 e. The normalized spacial score (nSPS) is 10.4. The van der Waals surface area contributed by atoms with Crippen molar-refractivity contribution in [2.24, 2.45) is 0 Å².